The first kappa shape index (κ1) is 18.9. The van der Waals surface area contributed by atoms with Crippen LogP contribution in [-0.2, 0) is 6.54 Å². The Morgan fingerprint density at radius 1 is 1.00 bits per heavy atom. The van der Waals surface area contributed by atoms with Gasteiger partial charge in [-0.2, -0.15) is 0 Å². The summed E-state index contributed by atoms with van der Waals surface area (Å²) in [6.07, 6.45) is 6.75. The van der Waals surface area contributed by atoms with Gasteiger partial charge in [0, 0.05) is 18.6 Å². The summed E-state index contributed by atoms with van der Waals surface area (Å²) in [7, 11) is 0. The molecule has 1 heterocycles. The first-order valence-electron chi connectivity index (χ1n) is 3.87. The Hall–Kier alpha value is 0.262. The third-order valence-electron chi connectivity index (χ3n) is 1.55. The summed E-state index contributed by atoms with van der Waals surface area (Å²) < 4.78 is 2.21. The van der Waals surface area contributed by atoms with E-state index in [2.05, 4.69) is 36.0 Å². The minimum absolute atomic E-state index is 0. The summed E-state index contributed by atoms with van der Waals surface area (Å²) in [6.45, 7) is 3.36. The zero-order chi connectivity index (χ0) is 7.23. The van der Waals surface area contributed by atoms with Gasteiger partial charge in [0.25, 0.3) is 0 Å². The van der Waals surface area contributed by atoms with Crippen molar-refractivity contribution < 1.29 is 29.4 Å². The van der Waals surface area contributed by atoms with Gasteiger partial charge in [0.15, 0.2) is 12.4 Å². The molecule has 1 aromatic rings. The topological polar surface area (TPSA) is 3.88 Å². The second-order valence-corrected chi connectivity index (χ2v) is 2.47. The third-order valence-corrected chi connectivity index (χ3v) is 1.55. The Kier molecular flexibility index (Phi) is 17.9. The molecule has 1 nitrogen and oxygen atoms in total. The van der Waals surface area contributed by atoms with Crippen LogP contribution in [0.4, 0.5) is 0 Å². The molecule has 2 radical (unpaired) electrons. The molecule has 0 amide bonds. The molecule has 0 aliphatic rings. The maximum atomic E-state index is 2.21. The van der Waals surface area contributed by atoms with Gasteiger partial charge in [-0.3, -0.25) is 0 Å². The second kappa shape index (κ2) is 12.3. The molecule has 0 atom stereocenters. The number of hydrogen-bond acceptors (Lipinski definition) is 0. The molecule has 0 aromatic carbocycles. The molecule has 0 unspecified atom stereocenters. The number of hydrogen-bond donors (Lipinski definition) is 0. The summed E-state index contributed by atoms with van der Waals surface area (Å²) in [6, 6.07) is 6.17. The van der Waals surface area contributed by atoms with Crippen LogP contribution in [0.3, 0.4) is 0 Å². The van der Waals surface area contributed by atoms with Crippen LogP contribution in [0.1, 0.15) is 19.8 Å². The van der Waals surface area contributed by atoms with Gasteiger partial charge in [-0.05, 0) is 0 Å². The maximum absolute atomic E-state index is 2.21. The Morgan fingerprint density at radius 3 is 2.00 bits per heavy atom. The molecule has 0 spiro atoms. The molecule has 0 aliphatic heterocycles. The summed E-state index contributed by atoms with van der Waals surface area (Å²) in [4.78, 5) is 0. The normalized spacial score (nSPS) is 7.46. The van der Waals surface area contributed by atoms with Crippen molar-refractivity contribution in [2.75, 3.05) is 0 Å². The van der Waals surface area contributed by atoms with Crippen LogP contribution < -0.4 is 29.4 Å². The molecule has 0 bridgehead atoms. The van der Waals surface area contributed by atoms with Gasteiger partial charge in [0.1, 0.15) is 6.54 Å². The number of nitrogens with zero attached hydrogens (tertiary/aromatic N) is 1. The number of aromatic nitrogens is 1. The standard InChI is InChI=1S/C9H14N.Al.2ClH/c1-2-3-7-10-8-5-4-6-9-10;;;/h4-6,8-9H,2-3,7H2,1H3;;2*1H/q2*+1;;/p-2. The van der Waals surface area contributed by atoms with Crippen LogP contribution in [0, 0.1) is 0 Å². The summed E-state index contributed by atoms with van der Waals surface area (Å²) >= 11 is 0. The maximum Gasteiger partial charge on any atom is 1.00 e. The van der Waals surface area contributed by atoms with Crippen molar-refractivity contribution in [1.82, 2.24) is 0 Å². The van der Waals surface area contributed by atoms with Gasteiger partial charge in [-0.15, -0.1) is 0 Å². The first-order chi connectivity index (χ1) is 4.93. The SMILES string of the molecule is CCCC[n+]1ccccc1.[Al+].[Cl-].[Cl-]. The van der Waals surface area contributed by atoms with Crippen LogP contribution in [0.5, 0.6) is 0 Å². The van der Waals surface area contributed by atoms with Crippen LogP contribution in [0.25, 0.3) is 0 Å². The van der Waals surface area contributed by atoms with Crippen molar-refractivity contribution in [2.45, 2.75) is 26.3 Å². The minimum atomic E-state index is 0. The summed E-state index contributed by atoms with van der Waals surface area (Å²) in [5.41, 5.74) is 0. The molecule has 1 rings (SSSR count). The van der Waals surface area contributed by atoms with Crippen molar-refractivity contribution in [3.63, 3.8) is 0 Å². The van der Waals surface area contributed by atoms with Gasteiger partial charge in [-0.25, -0.2) is 4.57 Å². The third kappa shape index (κ3) is 8.59. The molecule has 13 heavy (non-hydrogen) atoms. The summed E-state index contributed by atoms with van der Waals surface area (Å²) in [5, 5.41) is 0. The fraction of sp³-hybridized carbons (Fsp3) is 0.444. The Morgan fingerprint density at radius 2 is 1.54 bits per heavy atom. The van der Waals surface area contributed by atoms with E-state index in [0.717, 1.165) is 6.54 Å². The van der Waals surface area contributed by atoms with Gasteiger partial charge in [0.2, 0.25) is 0 Å². The monoisotopic (exact) mass is 233 g/mol. The van der Waals surface area contributed by atoms with Crippen molar-refractivity contribution in [2.24, 2.45) is 0 Å². The van der Waals surface area contributed by atoms with E-state index in [1.54, 1.807) is 0 Å². The second-order valence-electron chi connectivity index (χ2n) is 2.47. The van der Waals surface area contributed by atoms with Gasteiger partial charge < -0.3 is 24.8 Å². The van der Waals surface area contributed by atoms with Crippen LogP contribution in [-0.4, -0.2) is 17.4 Å². The number of aryl methyl sites for hydroxylation is 1. The van der Waals surface area contributed by atoms with Crippen LogP contribution in [0.15, 0.2) is 30.6 Å². The fourth-order valence-electron chi connectivity index (χ4n) is 0.924. The molecule has 0 fully saturated rings. The predicted octanol–water partition coefficient (Wildman–Crippen LogP) is -4.60. The average molecular weight is 234 g/mol. The van der Waals surface area contributed by atoms with Crippen molar-refractivity contribution >= 4 is 17.4 Å². The molecule has 1 aromatic heterocycles. The van der Waals surface area contributed by atoms with E-state index in [-0.39, 0.29) is 42.2 Å². The van der Waals surface area contributed by atoms with E-state index in [9.17, 15) is 0 Å². The Balaban J connectivity index is -0.000000333. The molecule has 0 saturated heterocycles. The Bertz CT molecular complexity index is 182. The molecular formula is C9H14AlCl2N. The van der Waals surface area contributed by atoms with Crippen molar-refractivity contribution in [3.05, 3.63) is 30.6 Å². The van der Waals surface area contributed by atoms with Crippen molar-refractivity contribution in [1.29, 1.82) is 0 Å². The van der Waals surface area contributed by atoms with Gasteiger partial charge in [-0.1, -0.05) is 19.4 Å². The van der Waals surface area contributed by atoms with Gasteiger partial charge in [0.05, 0.1) is 0 Å². The molecular weight excluding hydrogens is 220 g/mol. The van der Waals surface area contributed by atoms with E-state index < -0.39 is 0 Å². The van der Waals surface area contributed by atoms with Crippen LogP contribution >= 0.6 is 0 Å². The minimum Gasteiger partial charge on any atom is -1.00 e. The molecule has 0 saturated carbocycles. The van der Waals surface area contributed by atoms with E-state index in [1.807, 2.05) is 6.07 Å². The van der Waals surface area contributed by atoms with E-state index >= 15 is 0 Å². The van der Waals surface area contributed by atoms with E-state index in [1.165, 1.54) is 12.8 Å². The predicted molar refractivity (Wildman–Crippen MR) is 47.3 cm³/mol. The zero-order valence-electron chi connectivity index (χ0n) is 7.79. The van der Waals surface area contributed by atoms with Gasteiger partial charge >= 0.3 is 17.4 Å². The number of pyridine rings is 1. The number of unbranched alkanes of at least 4 members (excludes halogenated alkanes) is 1. The Labute approximate surface area is 104 Å². The smallest absolute Gasteiger partial charge is 1.00 e. The molecule has 72 valence electrons. The quantitative estimate of drug-likeness (QED) is 0.366. The summed E-state index contributed by atoms with van der Waals surface area (Å²) in [5.74, 6) is 0. The van der Waals surface area contributed by atoms with E-state index in [0.29, 0.717) is 0 Å². The largest absolute Gasteiger partial charge is 1.00 e. The first-order valence-corrected chi connectivity index (χ1v) is 3.87. The molecule has 0 N–H and O–H groups in total. The average Bonchev–Trinajstić information content (AvgIpc) is 2.03. The van der Waals surface area contributed by atoms with Crippen molar-refractivity contribution in [3.8, 4) is 0 Å². The van der Waals surface area contributed by atoms with E-state index in [4.69, 9.17) is 0 Å². The number of halogens is 2. The fourth-order valence-corrected chi connectivity index (χ4v) is 0.924. The molecule has 0 aliphatic carbocycles. The molecule has 4 heteroatoms. The van der Waals surface area contributed by atoms with Crippen LogP contribution in [0.2, 0.25) is 0 Å². The zero-order valence-corrected chi connectivity index (χ0v) is 10.5. The number of rotatable bonds is 3.